The monoisotopic (exact) mass is 368 g/mol. The van der Waals surface area contributed by atoms with Gasteiger partial charge >= 0.3 is 0 Å². The first-order chi connectivity index (χ1) is 13.3. The van der Waals surface area contributed by atoms with Gasteiger partial charge < -0.3 is 15.0 Å². The van der Waals surface area contributed by atoms with Crippen LogP contribution in [0.5, 0.6) is 0 Å². The Bertz CT molecular complexity index is 698. The highest BCUT2D eigenvalue weighted by Gasteiger charge is 2.25. The van der Waals surface area contributed by atoms with Gasteiger partial charge in [-0.1, -0.05) is 30.3 Å². The number of ether oxygens (including phenoxy) is 1. The molecule has 2 heterocycles. The number of nitrogens with zero attached hydrogens (tertiary/aromatic N) is 3. The van der Waals surface area contributed by atoms with Gasteiger partial charge in [0.05, 0.1) is 0 Å². The second-order valence-corrected chi connectivity index (χ2v) is 6.74. The lowest BCUT2D eigenvalue weighted by Crippen LogP contribution is -2.41. The Labute approximate surface area is 161 Å². The van der Waals surface area contributed by atoms with Gasteiger partial charge in [-0.25, -0.2) is 9.97 Å². The third-order valence-electron chi connectivity index (χ3n) is 4.86. The number of rotatable bonds is 8. The van der Waals surface area contributed by atoms with E-state index < -0.39 is 0 Å². The largest absolute Gasteiger partial charge is 0.382 e. The first-order valence-corrected chi connectivity index (χ1v) is 9.76. The molecule has 0 bridgehead atoms. The lowest BCUT2D eigenvalue weighted by Gasteiger charge is -2.31. The third-order valence-corrected chi connectivity index (χ3v) is 4.86. The lowest BCUT2D eigenvalue weighted by atomic mass is 9.96. The minimum absolute atomic E-state index is 0.0805. The van der Waals surface area contributed by atoms with Crippen LogP contribution in [0.25, 0.3) is 11.1 Å². The number of anilines is 1. The van der Waals surface area contributed by atoms with Crippen molar-refractivity contribution in [3.8, 4) is 11.1 Å². The molecule has 6 heteroatoms. The molecule has 0 saturated carbocycles. The Morgan fingerprint density at radius 3 is 2.52 bits per heavy atom. The van der Waals surface area contributed by atoms with Crippen molar-refractivity contribution in [2.45, 2.75) is 26.2 Å². The maximum Gasteiger partial charge on any atom is 0.225 e. The van der Waals surface area contributed by atoms with Crippen molar-refractivity contribution in [1.82, 2.24) is 15.3 Å². The summed E-state index contributed by atoms with van der Waals surface area (Å²) in [6.45, 7) is 5.70. The van der Waals surface area contributed by atoms with E-state index in [4.69, 9.17) is 4.74 Å². The van der Waals surface area contributed by atoms with Crippen LogP contribution in [0.3, 0.4) is 0 Å². The Hall–Kier alpha value is -2.47. The maximum absolute atomic E-state index is 12.3. The number of nitrogens with one attached hydrogen (secondary N) is 1. The number of hydrogen-bond acceptors (Lipinski definition) is 5. The summed E-state index contributed by atoms with van der Waals surface area (Å²) in [5.74, 6) is 0.980. The molecule has 0 atom stereocenters. The first-order valence-electron chi connectivity index (χ1n) is 9.76. The molecular formula is C21H28N4O2. The molecule has 0 spiro atoms. The molecule has 1 saturated heterocycles. The number of amides is 1. The van der Waals surface area contributed by atoms with Crippen LogP contribution in [0.15, 0.2) is 42.7 Å². The molecule has 1 aliphatic heterocycles. The lowest BCUT2D eigenvalue weighted by molar-refractivity contribution is -0.125. The quantitative estimate of drug-likeness (QED) is 0.726. The molecule has 1 N–H and O–H groups in total. The number of aromatic nitrogens is 2. The van der Waals surface area contributed by atoms with Crippen LogP contribution >= 0.6 is 0 Å². The SMILES string of the molecule is CCOCCCNC(=O)C1CCN(c2ncc(-c3ccccc3)cn2)CC1. The Kier molecular flexibility index (Phi) is 7.16. The smallest absolute Gasteiger partial charge is 0.225 e. The average Bonchev–Trinajstić information content (AvgIpc) is 2.74. The molecular weight excluding hydrogens is 340 g/mol. The van der Waals surface area contributed by atoms with E-state index in [0.29, 0.717) is 13.2 Å². The van der Waals surface area contributed by atoms with Gasteiger partial charge in [0.15, 0.2) is 0 Å². The fourth-order valence-electron chi connectivity index (χ4n) is 3.28. The normalized spacial score (nSPS) is 14.9. The predicted octanol–water partition coefficient (Wildman–Crippen LogP) is 2.90. The van der Waals surface area contributed by atoms with Crippen LogP contribution in [-0.2, 0) is 9.53 Å². The highest BCUT2D eigenvalue weighted by Crippen LogP contribution is 2.22. The number of carbonyl (C=O) groups excluding carboxylic acids is 1. The van der Waals surface area contributed by atoms with Gasteiger partial charge in [0.25, 0.3) is 0 Å². The first kappa shape index (κ1) is 19.3. The standard InChI is InChI=1S/C21H28N4O2/c1-2-27-14-6-11-22-20(26)18-9-12-25(13-10-18)21-23-15-19(16-24-21)17-7-4-3-5-8-17/h3-5,7-8,15-16,18H,2,6,9-14H2,1H3,(H,22,26). The molecule has 1 fully saturated rings. The minimum atomic E-state index is 0.0805. The van der Waals surface area contributed by atoms with Gasteiger partial charge in [-0.05, 0) is 31.7 Å². The molecule has 1 aliphatic rings. The molecule has 0 unspecified atom stereocenters. The molecule has 0 radical (unpaired) electrons. The summed E-state index contributed by atoms with van der Waals surface area (Å²) >= 11 is 0. The molecule has 6 nitrogen and oxygen atoms in total. The summed E-state index contributed by atoms with van der Waals surface area (Å²) in [5, 5.41) is 3.02. The minimum Gasteiger partial charge on any atom is -0.382 e. The molecule has 144 valence electrons. The fraction of sp³-hybridized carbons (Fsp3) is 0.476. The molecule has 2 aromatic rings. The van der Waals surface area contributed by atoms with Crippen molar-refractivity contribution < 1.29 is 9.53 Å². The number of benzene rings is 1. The van der Waals surface area contributed by atoms with Crippen LogP contribution in [0.2, 0.25) is 0 Å². The Morgan fingerprint density at radius 1 is 1.15 bits per heavy atom. The van der Waals surface area contributed by atoms with Crippen LogP contribution in [0, 0.1) is 5.92 Å². The summed E-state index contributed by atoms with van der Waals surface area (Å²) in [5.41, 5.74) is 2.13. The van der Waals surface area contributed by atoms with E-state index in [1.807, 2.05) is 37.5 Å². The Balaban J connectivity index is 1.45. The predicted molar refractivity (Wildman–Crippen MR) is 107 cm³/mol. The van der Waals surface area contributed by atoms with Gasteiger partial charge in [-0.3, -0.25) is 4.79 Å². The van der Waals surface area contributed by atoms with Gasteiger partial charge in [0, 0.05) is 56.7 Å². The average molecular weight is 368 g/mol. The summed E-state index contributed by atoms with van der Waals surface area (Å²) < 4.78 is 5.29. The molecule has 1 amide bonds. The van der Waals surface area contributed by atoms with E-state index >= 15 is 0 Å². The summed E-state index contributed by atoms with van der Waals surface area (Å²) in [7, 11) is 0. The maximum atomic E-state index is 12.3. The van der Waals surface area contributed by atoms with Crippen molar-refractivity contribution >= 4 is 11.9 Å². The van der Waals surface area contributed by atoms with Crippen molar-refractivity contribution in [1.29, 1.82) is 0 Å². The zero-order chi connectivity index (χ0) is 18.9. The fourth-order valence-corrected chi connectivity index (χ4v) is 3.28. The van der Waals surface area contributed by atoms with Gasteiger partial charge in [0.2, 0.25) is 11.9 Å². The molecule has 1 aromatic carbocycles. The van der Waals surface area contributed by atoms with E-state index in [2.05, 4.69) is 32.3 Å². The molecule has 0 aliphatic carbocycles. The van der Waals surface area contributed by atoms with E-state index in [1.165, 1.54) is 0 Å². The van der Waals surface area contributed by atoms with Crippen LogP contribution in [0.4, 0.5) is 5.95 Å². The van der Waals surface area contributed by atoms with E-state index in [9.17, 15) is 4.79 Å². The number of piperidine rings is 1. The van der Waals surface area contributed by atoms with Crippen LogP contribution in [0.1, 0.15) is 26.2 Å². The van der Waals surface area contributed by atoms with Crippen LogP contribution < -0.4 is 10.2 Å². The number of hydrogen-bond donors (Lipinski definition) is 1. The molecule has 1 aromatic heterocycles. The highest BCUT2D eigenvalue weighted by molar-refractivity contribution is 5.78. The zero-order valence-electron chi connectivity index (χ0n) is 15.9. The van der Waals surface area contributed by atoms with E-state index in [0.717, 1.165) is 56.0 Å². The van der Waals surface area contributed by atoms with E-state index in [1.54, 1.807) is 0 Å². The van der Waals surface area contributed by atoms with Gasteiger partial charge in [-0.2, -0.15) is 0 Å². The van der Waals surface area contributed by atoms with Crippen molar-refractivity contribution in [3.05, 3.63) is 42.7 Å². The van der Waals surface area contributed by atoms with Crippen molar-refractivity contribution in [3.63, 3.8) is 0 Å². The second kappa shape index (κ2) is 10.0. The van der Waals surface area contributed by atoms with Crippen molar-refractivity contribution in [2.24, 2.45) is 5.92 Å². The highest BCUT2D eigenvalue weighted by atomic mass is 16.5. The summed E-state index contributed by atoms with van der Waals surface area (Å²) in [6, 6.07) is 10.1. The summed E-state index contributed by atoms with van der Waals surface area (Å²) in [4.78, 5) is 23.5. The molecule has 3 rings (SSSR count). The second-order valence-electron chi connectivity index (χ2n) is 6.74. The van der Waals surface area contributed by atoms with Gasteiger partial charge in [0.1, 0.15) is 0 Å². The van der Waals surface area contributed by atoms with E-state index in [-0.39, 0.29) is 11.8 Å². The van der Waals surface area contributed by atoms with Crippen molar-refractivity contribution in [2.75, 3.05) is 37.7 Å². The molecule has 27 heavy (non-hydrogen) atoms. The number of carbonyl (C=O) groups is 1. The summed E-state index contributed by atoms with van der Waals surface area (Å²) in [6.07, 6.45) is 6.27. The zero-order valence-corrected chi connectivity index (χ0v) is 15.9. The third kappa shape index (κ3) is 5.50. The van der Waals surface area contributed by atoms with Crippen LogP contribution in [-0.4, -0.2) is 48.7 Å². The van der Waals surface area contributed by atoms with Gasteiger partial charge in [-0.15, -0.1) is 0 Å². The Morgan fingerprint density at radius 2 is 1.85 bits per heavy atom. The topological polar surface area (TPSA) is 67.3 Å².